The molecule has 0 spiro atoms. The molecule has 0 radical (unpaired) electrons. The minimum absolute atomic E-state index is 0.0303. The normalized spacial score (nSPS) is 15.8. The van der Waals surface area contributed by atoms with Crippen LogP contribution in [0.4, 0.5) is 0 Å². The predicted octanol–water partition coefficient (Wildman–Crippen LogP) is 3.63. The van der Waals surface area contributed by atoms with Gasteiger partial charge in [0, 0.05) is 18.7 Å². The fourth-order valence-electron chi connectivity index (χ4n) is 3.11. The van der Waals surface area contributed by atoms with Crippen molar-refractivity contribution in [2.45, 2.75) is 37.6 Å². The molecule has 1 heterocycles. The highest BCUT2D eigenvalue weighted by Crippen LogP contribution is 2.28. The Morgan fingerprint density at radius 2 is 1.83 bits per heavy atom. The number of sulfonamides is 1. The van der Waals surface area contributed by atoms with Crippen LogP contribution in [0.25, 0.3) is 0 Å². The van der Waals surface area contributed by atoms with Gasteiger partial charge in [-0.25, -0.2) is 8.42 Å². The number of halogens is 1. The number of benzene rings is 2. The topological polar surface area (TPSA) is 75.7 Å². The Bertz CT molecular complexity index is 971. The van der Waals surface area contributed by atoms with Gasteiger partial charge >= 0.3 is 0 Å². The lowest BCUT2D eigenvalue weighted by atomic mass is 10.2. The molecule has 0 bridgehead atoms. The summed E-state index contributed by atoms with van der Waals surface area (Å²) in [7, 11) is -3.71. The highest BCUT2D eigenvalue weighted by atomic mass is 35.5. The fraction of sp³-hybridized carbons (Fsp3) is 0.381. The van der Waals surface area contributed by atoms with Crippen LogP contribution in [-0.2, 0) is 10.0 Å². The SMILES string of the molecule is Cc1ccc(OC[C@H](C)NC(=O)c2ccc(Cl)c(S(=O)(=O)N3CCCC3)c2)cc1. The van der Waals surface area contributed by atoms with Crippen LogP contribution in [0.15, 0.2) is 47.4 Å². The van der Waals surface area contributed by atoms with Crippen molar-refractivity contribution in [3.8, 4) is 5.75 Å². The minimum atomic E-state index is -3.71. The number of hydrogen-bond donors (Lipinski definition) is 1. The molecule has 1 amide bonds. The summed E-state index contributed by atoms with van der Waals surface area (Å²) >= 11 is 6.14. The van der Waals surface area contributed by atoms with Crippen molar-refractivity contribution in [2.24, 2.45) is 0 Å². The number of hydrogen-bond acceptors (Lipinski definition) is 4. The van der Waals surface area contributed by atoms with Crippen molar-refractivity contribution in [1.82, 2.24) is 9.62 Å². The van der Waals surface area contributed by atoms with Gasteiger partial charge in [-0.3, -0.25) is 4.79 Å². The third-order valence-electron chi connectivity index (χ3n) is 4.77. The van der Waals surface area contributed by atoms with Gasteiger partial charge in [0.2, 0.25) is 10.0 Å². The molecule has 1 aliphatic heterocycles. The molecule has 8 heteroatoms. The molecule has 1 N–H and O–H groups in total. The van der Waals surface area contributed by atoms with E-state index in [4.69, 9.17) is 16.3 Å². The number of nitrogens with one attached hydrogen (secondary N) is 1. The van der Waals surface area contributed by atoms with Crippen LogP contribution in [0.2, 0.25) is 5.02 Å². The number of amides is 1. The van der Waals surface area contributed by atoms with Crippen molar-refractivity contribution in [3.05, 3.63) is 58.6 Å². The average Bonchev–Trinajstić information content (AvgIpc) is 3.23. The van der Waals surface area contributed by atoms with Gasteiger partial charge in [0.05, 0.1) is 11.1 Å². The summed E-state index contributed by atoms with van der Waals surface area (Å²) in [5, 5.41) is 2.95. The van der Waals surface area contributed by atoms with E-state index in [1.807, 2.05) is 38.1 Å². The quantitative estimate of drug-likeness (QED) is 0.719. The standard InChI is InChI=1S/C21H25ClN2O4S/c1-15-5-8-18(9-6-15)28-14-16(2)23-21(25)17-7-10-19(22)20(13-17)29(26,27)24-11-3-4-12-24/h5-10,13,16H,3-4,11-12,14H2,1-2H3,(H,23,25)/t16-/m0/s1. The van der Waals surface area contributed by atoms with E-state index in [0.717, 1.165) is 24.2 Å². The maximum absolute atomic E-state index is 12.8. The first-order valence-electron chi connectivity index (χ1n) is 9.57. The van der Waals surface area contributed by atoms with E-state index in [9.17, 15) is 13.2 Å². The van der Waals surface area contributed by atoms with Gasteiger partial charge < -0.3 is 10.1 Å². The summed E-state index contributed by atoms with van der Waals surface area (Å²) in [5.41, 5.74) is 1.38. The van der Waals surface area contributed by atoms with Crippen LogP contribution in [-0.4, -0.2) is 44.4 Å². The van der Waals surface area contributed by atoms with E-state index < -0.39 is 10.0 Å². The number of aryl methyl sites for hydroxylation is 1. The number of carbonyl (C=O) groups is 1. The van der Waals surface area contributed by atoms with Gasteiger partial charge in [0.25, 0.3) is 5.91 Å². The van der Waals surface area contributed by atoms with E-state index in [0.29, 0.717) is 19.7 Å². The van der Waals surface area contributed by atoms with Crippen molar-refractivity contribution in [2.75, 3.05) is 19.7 Å². The second-order valence-electron chi connectivity index (χ2n) is 7.25. The second-order valence-corrected chi connectivity index (χ2v) is 9.57. The third kappa shape index (κ3) is 5.29. The van der Waals surface area contributed by atoms with Gasteiger partial charge in [0.15, 0.2) is 0 Å². The van der Waals surface area contributed by atoms with Crippen molar-refractivity contribution in [1.29, 1.82) is 0 Å². The van der Waals surface area contributed by atoms with Gasteiger partial charge in [0.1, 0.15) is 17.3 Å². The molecule has 0 aliphatic carbocycles. The third-order valence-corrected chi connectivity index (χ3v) is 7.15. The zero-order chi connectivity index (χ0) is 21.0. The Kier molecular flexibility index (Phi) is 6.82. The lowest BCUT2D eigenvalue weighted by Gasteiger charge is -2.18. The molecule has 0 saturated carbocycles. The van der Waals surface area contributed by atoms with Gasteiger partial charge in [-0.1, -0.05) is 29.3 Å². The largest absolute Gasteiger partial charge is 0.491 e. The number of ether oxygens (including phenoxy) is 1. The molecule has 3 rings (SSSR count). The second kappa shape index (κ2) is 9.15. The van der Waals surface area contributed by atoms with E-state index in [1.54, 1.807) is 0 Å². The molecule has 0 aromatic heterocycles. The highest BCUT2D eigenvalue weighted by molar-refractivity contribution is 7.89. The lowest BCUT2D eigenvalue weighted by molar-refractivity contribution is 0.0926. The molecule has 1 atom stereocenters. The Balaban J connectivity index is 1.66. The van der Waals surface area contributed by atoms with Crippen LogP contribution in [0.5, 0.6) is 5.75 Å². The highest BCUT2D eigenvalue weighted by Gasteiger charge is 2.29. The number of rotatable bonds is 7. The van der Waals surface area contributed by atoms with Crippen LogP contribution in [0.1, 0.15) is 35.7 Å². The summed E-state index contributed by atoms with van der Waals surface area (Å²) in [5.74, 6) is 0.349. The van der Waals surface area contributed by atoms with Crippen molar-refractivity contribution < 1.29 is 17.9 Å². The maximum Gasteiger partial charge on any atom is 0.251 e. The first-order chi connectivity index (χ1) is 13.8. The molecule has 2 aromatic rings. The van der Waals surface area contributed by atoms with Gasteiger partial charge in [-0.15, -0.1) is 0 Å². The van der Waals surface area contributed by atoms with Gasteiger partial charge in [-0.05, 0) is 57.0 Å². The van der Waals surface area contributed by atoms with Crippen LogP contribution < -0.4 is 10.1 Å². The zero-order valence-electron chi connectivity index (χ0n) is 16.5. The fourth-order valence-corrected chi connectivity index (χ4v) is 5.13. The first-order valence-corrected chi connectivity index (χ1v) is 11.4. The lowest BCUT2D eigenvalue weighted by Crippen LogP contribution is -2.37. The summed E-state index contributed by atoms with van der Waals surface area (Å²) in [6.45, 7) is 5.06. The molecule has 1 aliphatic rings. The zero-order valence-corrected chi connectivity index (χ0v) is 18.1. The van der Waals surface area contributed by atoms with Crippen molar-refractivity contribution >= 4 is 27.5 Å². The summed E-state index contributed by atoms with van der Waals surface area (Å²) in [6.07, 6.45) is 1.66. The smallest absolute Gasteiger partial charge is 0.251 e. The van der Waals surface area contributed by atoms with E-state index in [1.165, 1.54) is 22.5 Å². The Labute approximate surface area is 176 Å². The summed E-state index contributed by atoms with van der Waals surface area (Å²) < 4.78 is 32.7. The van der Waals surface area contributed by atoms with E-state index in [-0.39, 0.29) is 27.4 Å². The maximum atomic E-state index is 12.8. The Morgan fingerprint density at radius 1 is 1.17 bits per heavy atom. The molecule has 1 fully saturated rings. The molecular weight excluding hydrogens is 412 g/mol. The molecule has 156 valence electrons. The molecule has 2 aromatic carbocycles. The van der Waals surface area contributed by atoms with Crippen LogP contribution in [0.3, 0.4) is 0 Å². The molecule has 6 nitrogen and oxygen atoms in total. The molecular formula is C21H25ClN2O4S. The van der Waals surface area contributed by atoms with Crippen LogP contribution >= 0.6 is 11.6 Å². The molecule has 1 saturated heterocycles. The predicted molar refractivity (Wildman–Crippen MR) is 113 cm³/mol. The monoisotopic (exact) mass is 436 g/mol. The Morgan fingerprint density at radius 3 is 2.48 bits per heavy atom. The van der Waals surface area contributed by atoms with E-state index >= 15 is 0 Å². The summed E-state index contributed by atoms with van der Waals surface area (Å²) in [6, 6.07) is 11.7. The van der Waals surface area contributed by atoms with Crippen LogP contribution in [0, 0.1) is 6.92 Å². The van der Waals surface area contributed by atoms with Gasteiger partial charge in [-0.2, -0.15) is 4.31 Å². The Hall–Kier alpha value is -2.09. The first kappa shape index (κ1) is 21.6. The number of carbonyl (C=O) groups excluding carboxylic acids is 1. The summed E-state index contributed by atoms with van der Waals surface area (Å²) in [4.78, 5) is 12.6. The minimum Gasteiger partial charge on any atom is -0.491 e. The van der Waals surface area contributed by atoms with E-state index in [2.05, 4.69) is 5.32 Å². The molecule has 29 heavy (non-hydrogen) atoms. The number of nitrogens with zero attached hydrogens (tertiary/aromatic N) is 1. The van der Waals surface area contributed by atoms with Crippen molar-refractivity contribution in [3.63, 3.8) is 0 Å². The average molecular weight is 437 g/mol. The molecule has 0 unspecified atom stereocenters.